The SMILES string of the molecule is CC(CCC(=O)O)NC(=O)C1(C)CCCO1. The summed E-state index contributed by atoms with van der Waals surface area (Å²) < 4.78 is 5.40. The Hall–Kier alpha value is -1.10. The van der Waals surface area contributed by atoms with E-state index in [0.717, 1.165) is 12.8 Å². The number of hydrogen-bond acceptors (Lipinski definition) is 3. The van der Waals surface area contributed by atoms with Crippen molar-refractivity contribution in [3.8, 4) is 0 Å². The maximum Gasteiger partial charge on any atom is 0.303 e. The van der Waals surface area contributed by atoms with Gasteiger partial charge in [0.15, 0.2) is 0 Å². The van der Waals surface area contributed by atoms with Crippen LogP contribution in [-0.4, -0.2) is 35.2 Å². The number of hydrogen-bond donors (Lipinski definition) is 2. The van der Waals surface area contributed by atoms with Gasteiger partial charge in [0.05, 0.1) is 0 Å². The molecular formula is C11H19NO4. The molecule has 1 heterocycles. The van der Waals surface area contributed by atoms with Crippen LogP contribution in [0.2, 0.25) is 0 Å². The molecule has 0 aromatic heterocycles. The molecule has 0 aliphatic carbocycles. The third kappa shape index (κ3) is 3.48. The van der Waals surface area contributed by atoms with Crippen molar-refractivity contribution < 1.29 is 19.4 Å². The van der Waals surface area contributed by atoms with Crippen LogP contribution in [0.5, 0.6) is 0 Å². The molecule has 1 rings (SSSR count). The van der Waals surface area contributed by atoms with Gasteiger partial charge < -0.3 is 15.2 Å². The van der Waals surface area contributed by atoms with E-state index in [2.05, 4.69) is 5.32 Å². The molecule has 5 nitrogen and oxygen atoms in total. The quantitative estimate of drug-likeness (QED) is 0.735. The molecule has 1 fully saturated rings. The van der Waals surface area contributed by atoms with E-state index < -0.39 is 11.6 Å². The van der Waals surface area contributed by atoms with E-state index in [1.807, 2.05) is 0 Å². The second-order valence-corrected chi connectivity index (χ2v) is 4.49. The summed E-state index contributed by atoms with van der Waals surface area (Å²) in [5.41, 5.74) is -0.725. The first kappa shape index (κ1) is 13.0. The molecule has 92 valence electrons. The molecule has 2 N–H and O–H groups in total. The highest BCUT2D eigenvalue weighted by Crippen LogP contribution is 2.25. The van der Waals surface area contributed by atoms with Gasteiger partial charge in [-0.05, 0) is 33.1 Å². The zero-order valence-electron chi connectivity index (χ0n) is 9.78. The number of carbonyl (C=O) groups excluding carboxylic acids is 1. The second-order valence-electron chi connectivity index (χ2n) is 4.49. The Morgan fingerprint density at radius 3 is 2.75 bits per heavy atom. The van der Waals surface area contributed by atoms with Crippen molar-refractivity contribution in [1.82, 2.24) is 5.32 Å². The lowest BCUT2D eigenvalue weighted by atomic mass is 10.0. The fraction of sp³-hybridized carbons (Fsp3) is 0.818. The van der Waals surface area contributed by atoms with Crippen molar-refractivity contribution in [2.45, 2.75) is 51.2 Å². The van der Waals surface area contributed by atoms with Crippen LogP contribution in [0.25, 0.3) is 0 Å². The van der Waals surface area contributed by atoms with Gasteiger partial charge in [-0.3, -0.25) is 9.59 Å². The van der Waals surface area contributed by atoms with E-state index in [-0.39, 0.29) is 18.4 Å². The minimum Gasteiger partial charge on any atom is -0.481 e. The molecule has 0 radical (unpaired) electrons. The molecule has 2 unspecified atom stereocenters. The lowest BCUT2D eigenvalue weighted by Crippen LogP contribution is -2.47. The lowest BCUT2D eigenvalue weighted by molar-refractivity contribution is -0.141. The van der Waals surface area contributed by atoms with Crippen molar-refractivity contribution in [2.75, 3.05) is 6.61 Å². The van der Waals surface area contributed by atoms with Crippen molar-refractivity contribution >= 4 is 11.9 Å². The highest BCUT2D eigenvalue weighted by atomic mass is 16.5. The van der Waals surface area contributed by atoms with Gasteiger partial charge in [0, 0.05) is 19.1 Å². The van der Waals surface area contributed by atoms with E-state index in [0.29, 0.717) is 13.0 Å². The Bertz CT molecular complexity index is 271. The summed E-state index contributed by atoms with van der Waals surface area (Å²) in [5.74, 6) is -0.979. The number of aliphatic carboxylic acids is 1. The average Bonchev–Trinajstić information content (AvgIpc) is 2.63. The summed E-state index contributed by atoms with van der Waals surface area (Å²) in [4.78, 5) is 22.2. The van der Waals surface area contributed by atoms with Crippen LogP contribution in [0.15, 0.2) is 0 Å². The minimum atomic E-state index is -0.843. The Morgan fingerprint density at radius 2 is 2.25 bits per heavy atom. The summed E-state index contributed by atoms with van der Waals surface area (Å²) >= 11 is 0. The summed E-state index contributed by atoms with van der Waals surface area (Å²) in [6.07, 6.45) is 2.13. The lowest BCUT2D eigenvalue weighted by Gasteiger charge is -2.24. The molecule has 1 saturated heterocycles. The van der Waals surface area contributed by atoms with Crippen LogP contribution in [-0.2, 0) is 14.3 Å². The van der Waals surface area contributed by atoms with E-state index >= 15 is 0 Å². The second kappa shape index (κ2) is 5.30. The third-order valence-corrected chi connectivity index (χ3v) is 2.87. The van der Waals surface area contributed by atoms with Crippen LogP contribution in [0.1, 0.15) is 39.5 Å². The molecule has 0 aromatic rings. The number of rotatable bonds is 5. The monoisotopic (exact) mass is 229 g/mol. The van der Waals surface area contributed by atoms with E-state index in [1.54, 1.807) is 13.8 Å². The number of carboxylic acids is 1. The van der Waals surface area contributed by atoms with Gasteiger partial charge in [0.1, 0.15) is 5.60 Å². The van der Waals surface area contributed by atoms with Crippen molar-refractivity contribution in [3.05, 3.63) is 0 Å². The van der Waals surface area contributed by atoms with Gasteiger partial charge >= 0.3 is 5.97 Å². The molecule has 16 heavy (non-hydrogen) atoms. The fourth-order valence-electron chi connectivity index (χ4n) is 1.75. The van der Waals surface area contributed by atoms with Gasteiger partial charge in [-0.15, -0.1) is 0 Å². The number of carbonyl (C=O) groups is 2. The highest BCUT2D eigenvalue weighted by Gasteiger charge is 2.37. The maximum atomic E-state index is 11.8. The molecule has 2 atom stereocenters. The third-order valence-electron chi connectivity index (χ3n) is 2.87. The van der Waals surface area contributed by atoms with Gasteiger partial charge in [-0.2, -0.15) is 0 Å². The predicted octanol–water partition coefficient (Wildman–Crippen LogP) is 0.925. The molecule has 0 bridgehead atoms. The molecule has 1 amide bonds. The first-order valence-electron chi connectivity index (χ1n) is 5.61. The largest absolute Gasteiger partial charge is 0.481 e. The van der Waals surface area contributed by atoms with Gasteiger partial charge in [0.25, 0.3) is 5.91 Å². The Balaban J connectivity index is 2.35. The van der Waals surface area contributed by atoms with Crippen molar-refractivity contribution in [2.24, 2.45) is 0 Å². The van der Waals surface area contributed by atoms with Crippen LogP contribution in [0.3, 0.4) is 0 Å². The predicted molar refractivity (Wildman–Crippen MR) is 58.1 cm³/mol. The molecule has 1 aliphatic rings. The van der Waals surface area contributed by atoms with Crippen LogP contribution in [0, 0.1) is 0 Å². The first-order chi connectivity index (χ1) is 7.44. The highest BCUT2D eigenvalue weighted by molar-refractivity contribution is 5.85. The van der Waals surface area contributed by atoms with Crippen molar-refractivity contribution in [3.63, 3.8) is 0 Å². The summed E-state index contributed by atoms with van der Waals surface area (Å²) in [5, 5.41) is 11.3. The Morgan fingerprint density at radius 1 is 1.56 bits per heavy atom. The minimum absolute atomic E-state index is 0.0685. The summed E-state index contributed by atoms with van der Waals surface area (Å²) in [6, 6.07) is -0.135. The average molecular weight is 229 g/mol. The maximum absolute atomic E-state index is 11.8. The standard InChI is InChI=1S/C11H19NO4/c1-8(4-5-9(13)14)12-10(15)11(2)6-3-7-16-11/h8H,3-7H2,1-2H3,(H,12,15)(H,13,14). The molecule has 5 heteroatoms. The smallest absolute Gasteiger partial charge is 0.303 e. The number of ether oxygens (including phenoxy) is 1. The molecule has 0 saturated carbocycles. The zero-order valence-corrected chi connectivity index (χ0v) is 9.78. The molecule has 0 aromatic carbocycles. The fourth-order valence-corrected chi connectivity index (χ4v) is 1.75. The van der Waals surface area contributed by atoms with Crippen molar-refractivity contribution in [1.29, 1.82) is 0 Å². The van der Waals surface area contributed by atoms with E-state index in [4.69, 9.17) is 9.84 Å². The number of nitrogens with one attached hydrogen (secondary N) is 1. The van der Waals surface area contributed by atoms with Gasteiger partial charge in [0.2, 0.25) is 0 Å². The molecule has 0 spiro atoms. The topological polar surface area (TPSA) is 75.6 Å². The van der Waals surface area contributed by atoms with Gasteiger partial charge in [-0.1, -0.05) is 0 Å². The number of amides is 1. The molecular weight excluding hydrogens is 210 g/mol. The van der Waals surface area contributed by atoms with Crippen LogP contribution in [0.4, 0.5) is 0 Å². The number of carboxylic acid groups (broad SMARTS) is 1. The van der Waals surface area contributed by atoms with Crippen LogP contribution < -0.4 is 5.32 Å². The molecule has 1 aliphatic heterocycles. The summed E-state index contributed by atoms with van der Waals surface area (Å²) in [7, 11) is 0. The summed E-state index contributed by atoms with van der Waals surface area (Å²) in [6.45, 7) is 4.20. The Kier molecular flexibility index (Phi) is 4.29. The van der Waals surface area contributed by atoms with E-state index in [9.17, 15) is 9.59 Å². The normalized spacial score (nSPS) is 26.4. The Labute approximate surface area is 95.2 Å². The van der Waals surface area contributed by atoms with Gasteiger partial charge in [-0.25, -0.2) is 0 Å². The first-order valence-corrected chi connectivity index (χ1v) is 5.61. The zero-order chi connectivity index (χ0) is 12.2. The van der Waals surface area contributed by atoms with Crippen LogP contribution >= 0.6 is 0 Å². The van der Waals surface area contributed by atoms with E-state index in [1.165, 1.54) is 0 Å².